The van der Waals surface area contributed by atoms with Gasteiger partial charge in [-0.2, -0.15) is 0 Å². The number of carbonyl (C=O) groups is 2. The zero-order chi connectivity index (χ0) is 15.3. The summed E-state index contributed by atoms with van der Waals surface area (Å²) in [6, 6.07) is 6.53. The Kier molecular flexibility index (Phi) is 5.13. The fraction of sp³-hybridized carbons (Fsp3) is 0.467. The number of rotatable bonds is 4. The molecule has 1 atom stereocenters. The van der Waals surface area contributed by atoms with Gasteiger partial charge in [0.15, 0.2) is 5.92 Å². The molecular formula is C15H20O5. The third-order valence-electron chi connectivity index (χ3n) is 2.59. The first-order valence-electron chi connectivity index (χ1n) is 6.32. The standard InChI is InChI=1S/C15H20O5/c1-15(2,3)20-14(18)11(13(17)19-4)9-10-7-5-6-8-12(10)16/h5-8,11,16H,9H2,1-4H3/t11-/m1/s1. The highest BCUT2D eigenvalue weighted by Crippen LogP contribution is 2.22. The number of aromatic hydroxyl groups is 1. The maximum Gasteiger partial charge on any atom is 0.321 e. The van der Waals surface area contributed by atoms with Gasteiger partial charge in [-0.25, -0.2) is 0 Å². The van der Waals surface area contributed by atoms with Gasteiger partial charge >= 0.3 is 11.9 Å². The van der Waals surface area contributed by atoms with Gasteiger partial charge < -0.3 is 14.6 Å². The van der Waals surface area contributed by atoms with Gasteiger partial charge in [0.2, 0.25) is 0 Å². The molecule has 5 nitrogen and oxygen atoms in total. The van der Waals surface area contributed by atoms with Gasteiger partial charge in [0.25, 0.3) is 0 Å². The molecule has 0 aliphatic heterocycles. The van der Waals surface area contributed by atoms with E-state index in [0.717, 1.165) is 0 Å². The van der Waals surface area contributed by atoms with Crippen LogP contribution in [-0.4, -0.2) is 29.8 Å². The summed E-state index contributed by atoms with van der Waals surface area (Å²) in [5.74, 6) is -2.40. The Morgan fingerprint density at radius 3 is 2.30 bits per heavy atom. The number of para-hydroxylation sites is 1. The second-order valence-corrected chi connectivity index (χ2v) is 5.44. The van der Waals surface area contributed by atoms with E-state index in [1.165, 1.54) is 13.2 Å². The van der Waals surface area contributed by atoms with E-state index in [0.29, 0.717) is 5.56 Å². The summed E-state index contributed by atoms with van der Waals surface area (Å²) >= 11 is 0. The van der Waals surface area contributed by atoms with Crippen molar-refractivity contribution in [1.82, 2.24) is 0 Å². The maximum absolute atomic E-state index is 12.1. The van der Waals surface area contributed by atoms with Gasteiger partial charge in [0, 0.05) is 0 Å². The number of esters is 2. The Hall–Kier alpha value is -2.04. The van der Waals surface area contributed by atoms with Crippen LogP contribution in [0.2, 0.25) is 0 Å². The van der Waals surface area contributed by atoms with Crippen molar-refractivity contribution in [2.45, 2.75) is 32.8 Å². The van der Waals surface area contributed by atoms with Gasteiger partial charge in [-0.15, -0.1) is 0 Å². The highest BCUT2D eigenvalue weighted by molar-refractivity contribution is 5.95. The molecule has 0 aromatic heterocycles. The summed E-state index contributed by atoms with van der Waals surface area (Å²) in [4.78, 5) is 23.8. The van der Waals surface area contributed by atoms with Crippen molar-refractivity contribution in [3.05, 3.63) is 29.8 Å². The minimum Gasteiger partial charge on any atom is -0.508 e. The van der Waals surface area contributed by atoms with Crippen molar-refractivity contribution in [2.75, 3.05) is 7.11 Å². The van der Waals surface area contributed by atoms with E-state index in [2.05, 4.69) is 4.74 Å². The van der Waals surface area contributed by atoms with Crippen molar-refractivity contribution in [2.24, 2.45) is 5.92 Å². The third kappa shape index (κ3) is 4.57. The quantitative estimate of drug-likeness (QED) is 0.675. The number of hydrogen-bond donors (Lipinski definition) is 1. The van der Waals surface area contributed by atoms with Crippen LogP contribution in [0.15, 0.2) is 24.3 Å². The molecule has 0 aliphatic carbocycles. The van der Waals surface area contributed by atoms with E-state index in [1.54, 1.807) is 39.0 Å². The molecule has 1 aromatic carbocycles. The molecule has 0 fully saturated rings. The van der Waals surface area contributed by atoms with E-state index in [9.17, 15) is 14.7 Å². The smallest absolute Gasteiger partial charge is 0.321 e. The van der Waals surface area contributed by atoms with Crippen LogP contribution in [0.4, 0.5) is 0 Å². The van der Waals surface area contributed by atoms with E-state index < -0.39 is 23.5 Å². The summed E-state index contributed by atoms with van der Waals surface area (Å²) in [5, 5.41) is 9.72. The average Bonchev–Trinajstić information content (AvgIpc) is 2.34. The van der Waals surface area contributed by atoms with Crippen LogP contribution in [0.25, 0.3) is 0 Å². The lowest BCUT2D eigenvalue weighted by atomic mass is 9.98. The molecule has 1 N–H and O–H groups in total. The Morgan fingerprint density at radius 2 is 1.80 bits per heavy atom. The fourth-order valence-corrected chi connectivity index (χ4v) is 1.68. The molecule has 20 heavy (non-hydrogen) atoms. The van der Waals surface area contributed by atoms with E-state index in [-0.39, 0.29) is 12.2 Å². The van der Waals surface area contributed by atoms with Crippen LogP contribution in [0.5, 0.6) is 5.75 Å². The molecule has 110 valence electrons. The first kappa shape index (κ1) is 16.0. The van der Waals surface area contributed by atoms with Gasteiger partial charge in [-0.3, -0.25) is 9.59 Å². The van der Waals surface area contributed by atoms with Gasteiger partial charge in [-0.05, 0) is 38.8 Å². The molecule has 0 aliphatic rings. The highest BCUT2D eigenvalue weighted by atomic mass is 16.6. The normalized spacial score (nSPS) is 12.6. The van der Waals surface area contributed by atoms with Crippen LogP contribution in [-0.2, 0) is 25.5 Å². The first-order valence-corrected chi connectivity index (χ1v) is 6.32. The molecule has 0 saturated carbocycles. The van der Waals surface area contributed by atoms with Gasteiger partial charge in [0.05, 0.1) is 7.11 Å². The summed E-state index contributed by atoms with van der Waals surface area (Å²) in [7, 11) is 1.21. The number of carbonyl (C=O) groups excluding carboxylic acids is 2. The lowest BCUT2D eigenvalue weighted by Crippen LogP contribution is -2.34. The predicted molar refractivity (Wildman–Crippen MR) is 73.2 cm³/mol. The van der Waals surface area contributed by atoms with Crippen LogP contribution >= 0.6 is 0 Å². The largest absolute Gasteiger partial charge is 0.508 e. The monoisotopic (exact) mass is 280 g/mol. The van der Waals surface area contributed by atoms with Crippen molar-refractivity contribution < 1.29 is 24.2 Å². The topological polar surface area (TPSA) is 72.8 Å². The minimum atomic E-state index is -1.09. The summed E-state index contributed by atoms with van der Waals surface area (Å²) in [6.07, 6.45) is 0.0360. The molecule has 1 rings (SSSR count). The number of phenols is 1. The molecule has 0 bridgehead atoms. The zero-order valence-corrected chi connectivity index (χ0v) is 12.2. The Morgan fingerprint density at radius 1 is 1.20 bits per heavy atom. The van der Waals surface area contributed by atoms with Crippen LogP contribution in [0, 0.1) is 5.92 Å². The second-order valence-electron chi connectivity index (χ2n) is 5.44. The average molecular weight is 280 g/mol. The molecule has 5 heteroatoms. The molecule has 0 spiro atoms. The van der Waals surface area contributed by atoms with E-state index >= 15 is 0 Å². The Labute approximate surface area is 118 Å². The fourth-order valence-electron chi connectivity index (χ4n) is 1.68. The molecule has 0 radical (unpaired) electrons. The molecule has 0 saturated heterocycles. The van der Waals surface area contributed by atoms with Crippen molar-refractivity contribution in [3.63, 3.8) is 0 Å². The maximum atomic E-state index is 12.1. The first-order chi connectivity index (χ1) is 9.24. The van der Waals surface area contributed by atoms with E-state index in [1.807, 2.05) is 0 Å². The molecular weight excluding hydrogens is 260 g/mol. The summed E-state index contributed by atoms with van der Waals surface area (Å²) < 4.78 is 9.85. The molecule has 0 amide bonds. The number of benzene rings is 1. The van der Waals surface area contributed by atoms with E-state index in [4.69, 9.17) is 4.74 Å². The summed E-state index contributed by atoms with van der Waals surface area (Å²) in [5.41, 5.74) is -0.198. The van der Waals surface area contributed by atoms with Crippen LogP contribution in [0.1, 0.15) is 26.3 Å². The Bertz CT molecular complexity index is 487. The van der Waals surface area contributed by atoms with Gasteiger partial charge in [-0.1, -0.05) is 18.2 Å². The van der Waals surface area contributed by atoms with Crippen LogP contribution in [0.3, 0.4) is 0 Å². The molecule has 0 heterocycles. The minimum absolute atomic E-state index is 0.0324. The van der Waals surface area contributed by atoms with Crippen molar-refractivity contribution >= 4 is 11.9 Å². The highest BCUT2D eigenvalue weighted by Gasteiger charge is 2.32. The van der Waals surface area contributed by atoms with Gasteiger partial charge in [0.1, 0.15) is 11.4 Å². The molecule has 0 unspecified atom stereocenters. The Balaban J connectivity index is 2.94. The number of phenolic OH excluding ortho intramolecular Hbond substituents is 1. The van der Waals surface area contributed by atoms with Crippen LogP contribution < -0.4 is 0 Å². The lowest BCUT2D eigenvalue weighted by molar-refractivity contribution is -0.168. The van der Waals surface area contributed by atoms with Crippen molar-refractivity contribution in [1.29, 1.82) is 0 Å². The predicted octanol–water partition coefficient (Wildman–Crippen LogP) is 2.07. The SMILES string of the molecule is COC(=O)[C@@H](Cc1ccccc1O)C(=O)OC(C)(C)C. The zero-order valence-electron chi connectivity index (χ0n) is 12.2. The second kappa shape index (κ2) is 6.41. The number of methoxy groups -OCH3 is 1. The van der Waals surface area contributed by atoms with Crippen molar-refractivity contribution in [3.8, 4) is 5.75 Å². The lowest BCUT2D eigenvalue weighted by Gasteiger charge is -2.23. The summed E-state index contributed by atoms with van der Waals surface area (Å²) in [6.45, 7) is 5.16. The molecule has 1 aromatic rings. The number of hydrogen-bond acceptors (Lipinski definition) is 5. The third-order valence-corrected chi connectivity index (χ3v) is 2.59. The number of ether oxygens (including phenoxy) is 2.